The second-order valence-corrected chi connectivity index (χ2v) is 8.34. The molecule has 1 fully saturated rings. The molecule has 0 radical (unpaired) electrons. The van der Waals surface area contributed by atoms with Gasteiger partial charge in [-0.1, -0.05) is 6.08 Å². The zero-order valence-corrected chi connectivity index (χ0v) is 18.6. The Bertz CT molecular complexity index is 1160. The van der Waals surface area contributed by atoms with Crippen LogP contribution in [0.15, 0.2) is 42.7 Å². The van der Waals surface area contributed by atoms with Gasteiger partial charge in [0.2, 0.25) is 5.95 Å². The molecule has 8 nitrogen and oxygen atoms in total. The first-order valence-corrected chi connectivity index (χ1v) is 10.7. The number of rotatable bonds is 2. The van der Waals surface area contributed by atoms with E-state index in [1.54, 1.807) is 18.5 Å². The van der Waals surface area contributed by atoms with Crippen molar-refractivity contribution in [3.63, 3.8) is 0 Å². The van der Waals surface area contributed by atoms with E-state index in [-0.39, 0.29) is 5.95 Å². The maximum absolute atomic E-state index is 13.1. The van der Waals surface area contributed by atoms with Crippen molar-refractivity contribution in [1.82, 2.24) is 24.5 Å². The molecule has 2 aliphatic heterocycles. The molecule has 2 aliphatic rings. The maximum atomic E-state index is 13.1. The van der Waals surface area contributed by atoms with Crippen LogP contribution in [-0.4, -0.2) is 57.3 Å². The number of piperidine rings is 1. The lowest BCUT2D eigenvalue weighted by molar-refractivity contribution is 0.0758. The summed E-state index contributed by atoms with van der Waals surface area (Å²) >= 11 is 0. The standard InChI is InChI=1S/C16H15N7.C7H14FN/c1-18-15-14-10(7-9-23(14)22-16(17)21-15)11-5-6-12-13(20-11)4-2-3-8-19-12;1-7(8)4-3-5-9(2)6-7/h2-9,19H,1H3,(H3,17,18,21,22);3-6H2,1-2H3. The summed E-state index contributed by atoms with van der Waals surface area (Å²) < 4.78 is 14.8. The van der Waals surface area contributed by atoms with Crippen molar-refractivity contribution in [2.75, 3.05) is 43.6 Å². The summed E-state index contributed by atoms with van der Waals surface area (Å²) in [6, 6.07) is 5.95. The Hall–Kier alpha value is -3.46. The van der Waals surface area contributed by atoms with E-state index < -0.39 is 5.67 Å². The van der Waals surface area contributed by atoms with Gasteiger partial charge in [0.05, 0.1) is 17.1 Å². The summed E-state index contributed by atoms with van der Waals surface area (Å²) in [6.45, 7) is 3.34. The van der Waals surface area contributed by atoms with E-state index in [0.717, 1.165) is 47.5 Å². The van der Waals surface area contributed by atoms with Crippen molar-refractivity contribution >= 4 is 29.0 Å². The molecule has 32 heavy (non-hydrogen) atoms. The SMILES string of the molecule is CN1CCCC(C)(F)C1.CNc1nc(N)nn2ccc(-c3ccc4c(n3)C=CC=CN4)c12. The molecule has 5 heterocycles. The van der Waals surface area contributed by atoms with Crippen molar-refractivity contribution in [2.45, 2.75) is 25.4 Å². The molecular formula is C23H29FN8. The molecule has 3 aromatic rings. The van der Waals surface area contributed by atoms with Gasteiger partial charge in [0, 0.05) is 31.6 Å². The Balaban J connectivity index is 0.000000230. The van der Waals surface area contributed by atoms with Crippen LogP contribution in [0.5, 0.6) is 0 Å². The molecule has 0 aliphatic carbocycles. The number of hydrogen-bond donors (Lipinski definition) is 3. The molecule has 0 bridgehead atoms. The molecule has 9 heteroatoms. The second kappa shape index (κ2) is 8.96. The van der Waals surface area contributed by atoms with Gasteiger partial charge in [-0.15, -0.1) is 5.10 Å². The van der Waals surface area contributed by atoms with Gasteiger partial charge < -0.3 is 21.3 Å². The number of fused-ring (bicyclic) bond motifs is 2. The minimum Gasteiger partial charge on any atom is -0.371 e. The van der Waals surface area contributed by atoms with Gasteiger partial charge in [-0.25, -0.2) is 13.9 Å². The van der Waals surface area contributed by atoms with Gasteiger partial charge in [-0.2, -0.15) is 4.98 Å². The first kappa shape index (κ1) is 21.8. The number of allylic oxidation sites excluding steroid dienone is 2. The fourth-order valence-corrected chi connectivity index (χ4v) is 4.08. The van der Waals surface area contributed by atoms with E-state index in [1.165, 1.54) is 0 Å². The first-order chi connectivity index (χ1) is 15.4. The number of nitrogen functional groups attached to an aromatic ring is 1. The van der Waals surface area contributed by atoms with Crippen LogP contribution in [0.4, 0.5) is 21.8 Å². The van der Waals surface area contributed by atoms with E-state index in [1.807, 2.05) is 60.8 Å². The number of alkyl halides is 1. The van der Waals surface area contributed by atoms with Crippen molar-refractivity contribution in [3.8, 4) is 11.3 Å². The van der Waals surface area contributed by atoms with Gasteiger partial charge in [0.15, 0.2) is 5.82 Å². The van der Waals surface area contributed by atoms with E-state index >= 15 is 0 Å². The highest BCUT2D eigenvalue weighted by molar-refractivity contribution is 5.88. The van der Waals surface area contributed by atoms with Crippen LogP contribution in [-0.2, 0) is 0 Å². The first-order valence-electron chi connectivity index (χ1n) is 10.7. The minimum atomic E-state index is -0.924. The molecule has 0 aromatic carbocycles. The van der Waals surface area contributed by atoms with Gasteiger partial charge in [-0.3, -0.25) is 0 Å². The summed E-state index contributed by atoms with van der Waals surface area (Å²) in [5.74, 6) is 0.890. The van der Waals surface area contributed by atoms with Crippen molar-refractivity contribution in [2.24, 2.45) is 0 Å². The molecule has 0 spiro atoms. The topological polar surface area (TPSA) is 96.4 Å². The molecule has 1 unspecified atom stereocenters. The number of aromatic nitrogens is 4. The van der Waals surface area contributed by atoms with Crippen LogP contribution in [0.2, 0.25) is 0 Å². The van der Waals surface area contributed by atoms with Gasteiger partial charge >= 0.3 is 0 Å². The van der Waals surface area contributed by atoms with Crippen LogP contribution >= 0.6 is 0 Å². The zero-order chi connectivity index (χ0) is 22.7. The lowest BCUT2D eigenvalue weighted by Crippen LogP contribution is -2.40. The van der Waals surface area contributed by atoms with Crippen molar-refractivity contribution in [1.29, 1.82) is 0 Å². The average Bonchev–Trinajstić information content (AvgIpc) is 3.02. The average molecular weight is 437 g/mol. The summed E-state index contributed by atoms with van der Waals surface area (Å²) in [7, 11) is 3.78. The molecule has 4 N–H and O–H groups in total. The largest absolute Gasteiger partial charge is 0.371 e. The third kappa shape index (κ3) is 4.72. The lowest BCUT2D eigenvalue weighted by atomic mass is 9.98. The molecular weight excluding hydrogens is 407 g/mol. The Morgan fingerprint density at radius 3 is 2.78 bits per heavy atom. The number of likely N-dealkylation sites (tertiary alicyclic amines) is 1. The summed E-state index contributed by atoms with van der Waals surface area (Å²) in [6.07, 6.45) is 11.3. The normalized spacial score (nSPS) is 20.1. The number of nitrogens with zero attached hydrogens (tertiary/aromatic N) is 5. The fourth-order valence-electron chi connectivity index (χ4n) is 4.08. The number of hydrogen-bond acceptors (Lipinski definition) is 7. The molecule has 0 amide bonds. The Morgan fingerprint density at radius 2 is 2.06 bits per heavy atom. The third-order valence-corrected chi connectivity index (χ3v) is 5.50. The quantitative estimate of drug-likeness (QED) is 0.562. The van der Waals surface area contributed by atoms with Crippen LogP contribution in [0.25, 0.3) is 22.9 Å². The number of halogens is 1. The van der Waals surface area contributed by atoms with Crippen molar-refractivity contribution in [3.05, 3.63) is 48.4 Å². The Labute approximate surface area is 187 Å². The molecule has 1 atom stereocenters. The summed E-state index contributed by atoms with van der Waals surface area (Å²) in [4.78, 5) is 11.0. The highest BCUT2D eigenvalue weighted by atomic mass is 19.1. The summed E-state index contributed by atoms with van der Waals surface area (Å²) in [5, 5.41) is 10.5. The number of nitrogens with two attached hydrogens (primary N) is 1. The van der Waals surface area contributed by atoms with Gasteiger partial charge in [0.25, 0.3) is 0 Å². The van der Waals surface area contributed by atoms with Gasteiger partial charge in [0.1, 0.15) is 11.2 Å². The second-order valence-electron chi connectivity index (χ2n) is 8.34. The Kier molecular flexibility index (Phi) is 6.09. The summed E-state index contributed by atoms with van der Waals surface area (Å²) in [5.41, 5.74) is 9.31. The number of anilines is 3. The molecule has 3 aromatic heterocycles. The van der Waals surface area contributed by atoms with Crippen LogP contribution in [0.1, 0.15) is 25.5 Å². The van der Waals surface area contributed by atoms with E-state index in [2.05, 4.69) is 20.7 Å². The lowest BCUT2D eigenvalue weighted by Gasteiger charge is -2.32. The number of pyridine rings is 1. The minimum absolute atomic E-state index is 0.220. The van der Waals surface area contributed by atoms with E-state index in [4.69, 9.17) is 10.7 Å². The highest BCUT2D eigenvalue weighted by Gasteiger charge is 2.28. The number of nitrogens with one attached hydrogen (secondary N) is 2. The molecule has 1 saturated heterocycles. The maximum Gasteiger partial charge on any atom is 0.240 e. The van der Waals surface area contributed by atoms with Gasteiger partial charge in [-0.05, 0) is 63.7 Å². The monoisotopic (exact) mass is 436 g/mol. The van der Waals surface area contributed by atoms with Crippen LogP contribution in [0, 0.1) is 0 Å². The fraction of sp³-hybridized carbons (Fsp3) is 0.348. The smallest absolute Gasteiger partial charge is 0.240 e. The van der Waals surface area contributed by atoms with Crippen molar-refractivity contribution < 1.29 is 4.39 Å². The molecule has 168 valence electrons. The predicted molar refractivity (Wildman–Crippen MR) is 128 cm³/mol. The van der Waals surface area contributed by atoms with Crippen LogP contribution < -0.4 is 16.4 Å². The molecule has 5 rings (SSSR count). The Morgan fingerprint density at radius 1 is 1.22 bits per heavy atom. The van der Waals surface area contributed by atoms with Crippen LogP contribution in [0.3, 0.4) is 0 Å². The molecule has 0 saturated carbocycles. The zero-order valence-electron chi connectivity index (χ0n) is 18.6. The highest BCUT2D eigenvalue weighted by Crippen LogP contribution is 2.30. The third-order valence-electron chi connectivity index (χ3n) is 5.50. The van der Waals surface area contributed by atoms with E-state index in [0.29, 0.717) is 12.4 Å². The van der Waals surface area contributed by atoms with E-state index in [9.17, 15) is 4.39 Å². The predicted octanol–water partition coefficient (Wildman–Crippen LogP) is 3.81.